The summed E-state index contributed by atoms with van der Waals surface area (Å²) in [6, 6.07) is 9.59. The first-order valence-corrected chi connectivity index (χ1v) is 8.95. The number of aromatic nitrogens is 1. The van der Waals surface area contributed by atoms with Crippen LogP contribution in [0, 0.1) is 5.92 Å². The molecule has 1 unspecified atom stereocenters. The maximum atomic E-state index is 12.0. The largest absolute Gasteiger partial charge is 0.396 e. The lowest BCUT2D eigenvalue weighted by molar-refractivity contribution is 0.212. The van der Waals surface area contributed by atoms with Gasteiger partial charge in [-0.25, -0.2) is 4.79 Å². The molecule has 0 spiro atoms. The molecule has 0 aromatic carbocycles. The van der Waals surface area contributed by atoms with Crippen molar-refractivity contribution < 1.29 is 9.90 Å². The van der Waals surface area contributed by atoms with Gasteiger partial charge in [0.05, 0.1) is 0 Å². The van der Waals surface area contributed by atoms with Gasteiger partial charge in [0.25, 0.3) is 0 Å². The van der Waals surface area contributed by atoms with Crippen molar-refractivity contribution in [2.45, 2.75) is 25.7 Å². The zero-order valence-corrected chi connectivity index (χ0v) is 15.0. The van der Waals surface area contributed by atoms with Gasteiger partial charge in [-0.3, -0.25) is 4.98 Å². The summed E-state index contributed by atoms with van der Waals surface area (Å²) < 4.78 is 0. The predicted molar refractivity (Wildman–Crippen MR) is 97.3 cm³/mol. The minimum Gasteiger partial charge on any atom is -0.396 e. The molecule has 0 fully saturated rings. The molecule has 0 bridgehead atoms. The molecule has 5 nitrogen and oxygen atoms in total. The lowest BCUT2D eigenvalue weighted by atomic mass is 9.91. The molecule has 0 saturated carbocycles. The maximum Gasteiger partial charge on any atom is 0.314 e. The highest BCUT2D eigenvalue weighted by molar-refractivity contribution is 7.10. The Bertz CT molecular complexity index is 614. The number of aliphatic hydroxyl groups excluding tert-OH is 1. The second-order valence-electron chi connectivity index (χ2n) is 6.50. The van der Waals surface area contributed by atoms with Gasteiger partial charge in [0.1, 0.15) is 0 Å². The summed E-state index contributed by atoms with van der Waals surface area (Å²) >= 11 is 1.69. The fourth-order valence-corrected chi connectivity index (χ4v) is 3.22. The SMILES string of the molecule is CC(C)(CNC(=O)NCC(CO)Cc1ccccn1)c1cccs1. The van der Waals surface area contributed by atoms with Crippen molar-refractivity contribution in [3.8, 4) is 0 Å². The molecule has 2 aromatic rings. The summed E-state index contributed by atoms with van der Waals surface area (Å²) in [4.78, 5) is 17.5. The molecule has 0 saturated heterocycles. The molecular weight excluding hydrogens is 322 g/mol. The Morgan fingerprint density at radius 2 is 2.12 bits per heavy atom. The van der Waals surface area contributed by atoms with Crippen LogP contribution in [0.2, 0.25) is 0 Å². The Morgan fingerprint density at radius 1 is 1.29 bits per heavy atom. The third kappa shape index (κ3) is 5.62. The Balaban J connectivity index is 1.75. The van der Waals surface area contributed by atoms with E-state index >= 15 is 0 Å². The van der Waals surface area contributed by atoms with Crippen LogP contribution in [-0.4, -0.2) is 35.8 Å². The Labute approximate surface area is 147 Å². The van der Waals surface area contributed by atoms with Gasteiger partial charge in [0.15, 0.2) is 0 Å². The number of urea groups is 1. The van der Waals surface area contributed by atoms with Gasteiger partial charge in [-0.15, -0.1) is 11.3 Å². The van der Waals surface area contributed by atoms with Crippen LogP contribution >= 0.6 is 11.3 Å². The molecule has 0 aliphatic rings. The maximum absolute atomic E-state index is 12.0. The summed E-state index contributed by atoms with van der Waals surface area (Å²) in [6.45, 7) is 5.20. The average Bonchev–Trinajstić information content (AvgIpc) is 3.13. The Hall–Kier alpha value is -1.92. The Morgan fingerprint density at radius 3 is 2.75 bits per heavy atom. The number of hydrogen-bond acceptors (Lipinski definition) is 4. The second-order valence-corrected chi connectivity index (χ2v) is 7.45. The number of hydrogen-bond donors (Lipinski definition) is 3. The van der Waals surface area contributed by atoms with Gasteiger partial charge in [-0.1, -0.05) is 26.0 Å². The highest BCUT2D eigenvalue weighted by atomic mass is 32.1. The molecule has 2 rings (SSSR count). The van der Waals surface area contributed by atoms with Crippen molar-refractivity contribution in [2.24, 2.45) is 5.92 Å². The molecule has 130 valence electrons. The predicted octanol–water partition coefficient (Wildman–Crippen LogP) is 2.57. The van der Waals surface area contributed by atoms with Crippen molar-refractivity contribution in [3.63, 3.8) is 0 Å². The standard InChI is InChI=1S/C18H25N3O2S/c1-18(2,16-7-5-9-24-16)13-21-17(23)20-11-14(12-22)10-15-6-3-4-8-19-15/h3-9,14,22H,10-13H2,1-2H3,(H2,20,21,23). The van der Waals surface area contributed by atoms with E-state index in [0.29, 0.717) is 19.5 Å². The molecule has 0 aliphatic carbocycles. The van der Waals surface area contributed by atoms with Crippen LogP contribution in [-0.2, 0) is 11.8 Å². The highest BCUT2D eigenvalue weighted by Gasteiger charge is 2.22. The summed E-state index contributed by atoms with van der Waals surface area (Å²) in [6.07, 6.45) is 2.37. The monoisotopic (exact) mass is 347 g/mol. The van der Waals surface area contributed by atoms with Crippen LogP contribution in [0.25, 0.3) is 0 Å². The Kier molecular flexibility index (Phi) is 6.75. The van der Waals surface area contributed by atoms with Crippen LogP contribution < -0.4 is 10.6 Å². The molecule has 2 aromatic heterocycles. The highest BCUT2D eigenvalue weighted by Crippen LogP contribution is 2.26. The van der Waals surface area contributed by atoms with Crippen LogP contribution in [0.5, 0.6) is 0 Å². The first-order valence-electron chi connectivity index (χ1n) is 8.07. The van der Waals surface area contributed by atoms with Crippen LogP contribution in [0.1, 0.15) is 24.4 Å². The molecule has 2 heterocycles. The number of carbonyl (C=O) groups is 1. The van der Waals surface area contributed by atoms with Gasteiger partial charge in [0.2, 0.25) is 0 Å². The van der Waals surface area contributed by atoms with Crippen LogP contribution in [0.3, 0.4) is 0 Å². The van der Waals surface area contributed by atoms with E-state index in [1.807, 2.05) is 29.6 Å². The number of carbonyl (C=O) groups excluding carboxylic acids is 1. The molecule has 1 atom stereocenters. The molecule has 2 amide bonds. The third-order valence-corrected chi connectivity index (χ3v) is 5.15. The van der Waals surface area contributed by atoms with E-state index in [1.165, 1.54) is 4.88 Å². The minimum absolute atomic E-state index is 0.0115. The first kappa shape index (κ1) is 18.4. The van der Waals surface area contributed by atoms with Crippen molar-refractivity contribution >= 4 is 17.4 Å². The van der Waals surface area contributed by atoms with Crippen LogP contribution in [0.4, 0.5) is 4.79 Å². The van der Waals surface area contributed by atoms with Crippen molar-refractivity contribution in [1.82, 2.24) is 15.6 Å². The van der Waals surface area contributed by atoms with Gasteiger partial charge < -0.3 is 15.7 Å². The van der Waals surface area contributed by atoms with E-state index in [-0.39, 0.29) is 24.0 Å². The summed E-state index contributed by atoms with van der Waals surface area (Å²) in [5.41, 5.74) is 0.813. The first-order chi connectivity index (χ1) is 11.5. The number of aliphatic hydroxyl groups is 1. The molecule has 0 aliphatic heterocycles. The average molecular weight is 347 g/mol. The topological polar surface area (TPSA) is 74.2 Å². The molecular formula is C18H25N3O2S. The quantitative estimate of drug-likeness (QED) is 0.687. The van der Waals surface area contributed by atoms with Gasteiger partial charge >= 0.3 is 6.03 Å². The summed E-state index contributed by atoms with van der Waals surface area (Å²) in [5.74, 6) is -0.0454. The number of nitrogens with zero attached hydrogens (tertiary/aromatic N) is 1. The fourth-order valence-electron chi connectivity index (χ4n) is 2.37. The van der Waals surface area contributed by atoms with Crippen molar-refractivity contribution in [3.05, 3.63) is 52.5 Å². The van der Waals surface area contributed by atoms with Crippen molar-refractivity contribution in [2.75, 3.05) is 19.7 Å². The molecule has 0 radical (unpaired) electrons. The van der Waals surface area contributed by atoms with E-state index in [9.17, 15) is 9.90 Å². The van der Waals surface area contributed by atoms with E-state index in [2.05, 4.69) is 35.5 Å². The van der Waals surface area contributed by atoms with Crippen LogP contribution in [0.15, 0.2) is 41.9 Å². The number of amides is 2. The van der Waals surface area contributed by atoms with Crippen molar-refractivity contribution in [1.29, 1.82) is 0 Å². The molecule has 6 heteroatoms. The molecule has 24 heavy (non-hydrogen) atoms. The van der Waals surface area contributed by atoms with Gasteiger partial charge in [-0.05, 0) is 30.0 Å². The normalized spacial score (nSPS) is 12.6. The van der Waals surface area contributed by atoms with E-state index < -0.39 is 0 Å². The third-order valence-electron chi connectivity index (χ3n) is 3.91. The molecule has 3 N–H and O–H groups in total. The number of nitrogens with one attached hydrogen (secondary N) is 2. The lowest BCUT2D eigenvalue weighted by Gasteiger charge is -2.24. The summed E-state index contributed by atoms with van der Waals surface area (Å²) in [5, 5.41) is 17.3. The zero-order chi connectivity index (χ0) is 17.4. The number of thiophene rings is 1. The smallest absolute Gasteiger partial charge is 0.314 e. The van der Waals surface area contributed by atoms with E-state index in [4.69, 9.17) is 0 Å². The lowest BCUT2D eigenvalue weighted by Crippen LogP contribution is -2.44. The number of rotatable bonds is 8. The number of pyridine rings is 1. The van der Waals surface area contributed by atoms with E-state index in [0.717, 1.165) is 5.69 Å². The van der Waals surface area contributed by atoms with E-state index in [1.54, 1.807) is 17.5 Å². The van der Waals surface area contributed by atoms with Gasteiger partial charge in [0, 0.05) is 47.8 Å². The minimum atomic E-state index is -0.209. The summed E-state index contributed by atoms with van der Waals surface area (Å²) in [7, 11) is 0. The fraction of sp³-hybridized carbons (Fsp3) is 0.444. The van der Waals surface area contributed by atoms with Gasteiger partial charge in [-0.2, -0.15) is 0 Å². The zero-order valence-electron chi connectivity index (χ0n) is 14.2. The second kappa shape index (κ2) is 8.80.